The lowest BCUT2D eigenvalue weighted by molar-refractivity contribution is 0.122. The highest BCUT2D eigenvalue weighted by atomic mass is 16.5. The van der Waals surface area contributed by atoms with Crippen LogP contribution in [0.2, 0.25) is 0 Å². The summed E-state index contributed by atoms with van der Waals surface area (Å²) < 4.78 is 6.11. The molecule has 1 aromatic carbocycles. The first-order chi connectivity index (χ1) is 9.22. The minimum Gasteiger partial charge on any atom is -0.490 e. The number of hydrogen-bond acceptors (Lipinski definition) is 2. The van der Waals surface area contributed by atoms with Crippen molar-refractivity contribution in [2.24, 2.45) is 11.7 Å². The smallest absolute Gasteiger partial charge is 0.119 e. The third-order valence-corrected chi connectivity index (χ3v) is 4.36. The van der Waals surface area contributed by atoms with Crippen molar-refractivity contribution in [3.05, 3.63) is 29.8 Å². The van der Waals surface area contributed by atoms with Crippen LogP contribution in [0.4, 0.5) is 0 Å². The Balaban J connectivity index is 1.92. The zero-order chi connectivity index (χ0) is 13.7. The largest absolute Gasteiger partial charge is 0.490 e. The Kier molecular flexibility index (Phi) is 5.26. The lowest BCUT2D eigenvalue weighted by Crippen LogP contribution is -2.25. The average Bonchev–Trinajstić information content (AvgIpc) is 2.47. The molecule has 3 atom stereocenters. The maximum Gasteiger partial charge on any atom is 0.119 e. The maximum absolute atomic E-state index is 6.11. The average molecular weight is 261 g/mol. The van der Waals surface area contributed by atoms with Crippen molar-refractivity contribution in [3.63, 3.8) is 0 Å². The van der Waals surface area contributed by atoms with Crippen molar-refractivity contribution in [1.82, 2.24) is 0 Å². The molecule has 1 fully saturated rings. The third-order valence-electron chi connectivity index (χ3n) is 4.36. The van der Waals surface area contributed by atoms with E-state index >= 15 is 0 Å². The summed E-state index contributed by atoms with van der Waals surface area (Å²) in [4.78, 5) is 0. The molecule has 2 N–H and O–H groups in total. The first kappa shape index (κ1) is 14.4. The Labute approximate surface area is 117 Å². The summed E-state index contributed by atoms with van der Waals surface area (Å²) in [5.74, 6) is 1.85. The van der Waals surface area contributed by atoms with E-state index in [1.165, 1.54) is 37.7 Å². The maximum atomic E-state index is 6.11. The molecule has 0 bridgehead atoms. The number of ether oxygens (including phenoxy) is 1. The van der Waals surface area contributed by atoms with E-state index in [1.54, 1.807) is 0 Å². The van der Waals surface area contributed by atoms with Crippen molar-refractivity contribution in [3.8, 4) is 5.75 Å². The van der Waals surface area contributed by atoms with Crippen LogP contribution in [0.1, 0.15) is 64.0 Å². The van der Waals surface area contributed by atoms with Gasteiger partial charge in [-0.25, -0.2) is 0 Å². The van der Waals surface area contributed by atoms with Crippen LogP contribution in [0.15, 0.2) is 24.3 Å². The summed E-state index contributed by atoms with van der Waals surface area (Å²) in [5.41, 5.74) is 7.22. The summed E-state index contributed by atoms with van der Waals surface area (Å²) >= 11 is 0. The van der Waals surface area contributed by atoms with Gasteiger partial charge in [0.05, 0.1) is 6.10 Å². The molecule has 0 saturated heterocycles. The van der Waals surface area contributed by atoms with Crippen molar-refractivity contribution in [1.29, 1.82) is 0 Å². The van der Waals surface area contributed by atoms with E-state index in [1.807, 2.05) is 0 Å². The van der Waals surface area contributed by atoms with Crippen molar-refractivity contribution in [2.45, 2.75) is 64.5 Å². The first-order valence-corrected chi connectivity index (χ1v) is 7.75. The van der Waals surface area contributed by atoms with E-state index in [0.29, 0.717) is 6.10 Å². The molecule has 0 aromatic heterocycles. The second kappa shape index (κ2) is 6.95. The Morgan fingerprint density at radius 2 is 1.95 bits per heavy atom. The molecule has 1 aromatic rings. The van der Waals surface area contributed by atoms with E-state index < -0.39 is 0 Å². The van der Waals surface area contributed by atoms with Gasteiger partial charge in [0.2, 0.25) is 0 Å². The molecule has 0 aliphatic heterocycles. The summed E-state index contributed by atoms with van der Waals surface area (Å²) in [5, 5.41) is 0. The summed E-state index contributed by atoms with van der Waals surface area (Å²) in [6, 6.07) is 8.49. The van der Waals surface area contributed by atoms with Gasteiger partial charge >= 0.3 is 0 Å². The Hall–Kier alpha value is -1.02. The molecule has 2 unspecified atom stereocenters. The van der Waals surface area contributed by atoms with Crippen molar-refractivity contribution in [2.75, 3.05) is 0 Å². The monoisotopic (exact) mass is 261 g/mol. The SMILES string of the molecule is CCC1CCCC(Oc2ccc([C@H](N)CC)cc2)C1. The third kappa shape index (κ3) is 3.97. The number of hydrogen-bond donors (Lipinski definition) is 1. The van der Waals surface area contributed by atoms with Crippen LogP contribution in [-0.4, -0.2) is 6.10 Å². The van der Waals surface area contributed by atoms with Crippen LogP contribution >= 0.6 is 0 Å². The lowest BCUT2D eigenvalue weighted by atomic mass is 9.85. The first-order valence-electron chi connectivity index (χ1n) is 7.75. The van der Waals surface area contributed by atoms with Gasteiger partial charge in [0.1, 0.15) is 5.75 Å². The molecule has 0 amide bonds. The normalized spacial score (nSPS) is 25.0. The van der Waals surface area contributed by atoms with Gasteiger partial charge in [0.25, 0.3) is 0 Å². The predicted molar refractivity (Wildman–Crippen MR) is 80.3 cm³/mol. The van der Waals surface area contributed by atoms with Gasteiger partial charge in [-0.1, -0.05) is 38.8 Å². The minimum atomic E-state index is 0.146. The molecule has 1 aliphatic carbocycles. The number of benzene rings is 1. The fraction of sp³-hybridized carbons (Fsp3) is 0.647. The molecule has 2 heteroatoms. The fourth-order valence-electron chi connectivity index (χ4n) is 2.94. The second-order valence-electron chi connectivity index (χ2n) is 5.76. The highest BCUT2D eigenvalue weighted by molar-refractivity contribution is 5.29. The topological polar surface area (TPSA) is 35.2 Å². The van der Waals surface area contributed by atoms with Crippen LogP contribution in [0, 0.1) is 5.92 Å². The van der Waals surface area contributed by atoms with E-state index in [9.17, 15) is 0 Å². The van der Waals surface area contributed by atoms with Crippen LogP contribution < -0.4 is 10.5 Å². The van der Waals surface area contributed by atoms with Gasteiger partial charge in [-0.15, -0.1) is 0 Å². The molecule has 106 valence electrons. The Bertz CT molecular complexity index is 373. The highest BCUT2D eigenvalue weighted by Gasteiger charge is 2.22. The van der Waals surface area contributed by atoms with Crippen molar-refractivity contribution < 1.29 is 4.74 Å². The van der Waals surface area contributed by atoms with Gasteiger partial charge in [-0.2, -0.15) is 0 Å². The van der Waals surface area contributed by atoms with Gasteiger partial charge in [-0.3, -0.25) is 0 Å². The van der Waals surface area contributed by atoms with Gasteiger partial charge in [-0.05, 0) is 49.3 Å². The zero-order valence-corrected chi connectivity index (χ0v) is 12.3. The standard InChI is InChI=1S/C17H27NO/c1-3-13-6-5-7-16(12-13)19-15-10-8-14(9-11-15)17(18)4-2/h8-11,13,16-17H,3-7,12,18H2,1-2H3/t13?,16?,17-/m1/s1. The van der Waals surface area contributed by atoms with Crippen LogP contribution in [0.25, 0.3) is 0 Å². The van der Waals surface area contributed by atoms with Gasteiger partial charge < -0.3 is 10.5 Å². The summed E-state index contributed by atoms with van der Waals surface area (Å²) in [6.07, 6.45) is 7.76. The molecular formula is C17H27NO. The molecule has 0 spiro atoms. The quantitative estimate of drug-likeness (QED) is 0.850. The van der Waals surface area contributed by atoms with Crippen molar-refractivity contribution >= 4 is 0 Å². The molecule has 19 heavy (non-hydrogen) atoms. The van der Waals surface area contributed by atoms with E-state index in [4.69, 9.17) is 10.5 Å². The Morgan fingerprint density at radius 3 is 2.58 bits per heavy atom. The van der Waals surface area contributed by atoms with Crippen LogP contribution in [-0.2, 0) is 0 Å². The van der Waals surface area contributed by atoms with Crippen LogP contribution in [0.3, 0.4) is 0 Å². The summed E-state index contributed by atoms with van der Waals surface area (Å²) in [7, 11) is 0. The van der Waals surface area contributed by atoms with E-state index in [0.717, 1.165) is 18.1 Å². The number of nitrogens with two attached hydrogens (primary N) is 1. The van der Waals surface area contributed by atoms with E-state index in [2.05, 4.69) is 38.1 Å². The van der Waals surface area contributed by atoms with E-state index in [-0.39, 0.29) is 6.04 Å². The molecule has 1 aliphatic rings. The van der Waals surface area contributed by atoms with Crippen LogP contribution in [0.5, 0.6) is 5.75 Å². The van der Waals surface area contributed by atoms with Gasteiger partial charge in [0, 0.05) is 6.04 Å². The fourth-order valence-corrected chi connectivity index (χ4v) is 2.94. The molecule has 2 nitrogen and oxygen atoms in total. The predicted octanol–water partition coefficient (Wildman–Crippen LogP) is 4.44. The summed E-state index contributed by atoms with van der Waals surface area (Å²) in [6.45, 7) is 4.40. The Morgan fingerprint density at radius 1 is 1.21 bits per heavy atom. The lowest BCUT2D eigenvalue weighted by Gasteiger charge is -2.29. The molecule has 1 saturated carbocycles. The molecule has 0 radical (unpaired) electrons. The number of rotatable bonds is 5. The molecule has 0 heterocycles. The highest BCUT2D eigenvalue weighted by Crippen LogP contribution is 2.30. The van der Waals surface area contributed by atoms with Gasteiger partial charge in [0.15, 0.2) is 0 Å². The minimum absolute atomic E-state index is 0.146. The molecular weight excluding hydrogens is 234 g/mol. The second-order valence-corrected chi connectivity index (χ2v) is 5.76. The molecule has 2 rings (SSSR count). The zero-order valence-electron chi connectivity index (χ0n) is 12.3.